The van der Waals surface area contributed by atoms with Gasteiger partial charge in [0.05, 0.1) is 20.1 Å². The molecule has 5 heteroatoms. The van der Waals surface area contributed by atoms with Crippen molar-refractivity contribution in [3.8, 4) is 11.5 Å². The van der Waals surface area contributed by atoms with Gasteiger partial charge in [-0.25, -0.2) is 0 Å². The summed E-state index contributed by atoms with van der Waals surface area (Å²) in [7, 11) is 5.69. The highest BCUT2D eigenvalue weighted by Crippen LogP contribution is 2.17. The second-order valence-electron chi connectivity index (χ2n) is 7.73. The number of amides is 1. The molecule has 2 aromatic carbocycles. The first-order chi connectivity index (χ1) is 14.6. The number of nitrogens with one attached hydrogen (secondary N) is 1. The number of hydrogen-bond acceptors (Lipinski definition) is 4. The van der Waals surface area contributed by atoms with E-state index < -0.39 is 0 Å². The largest absolute Gasteiger partial charge is 0.497 e. The van der Waals surface area contributed by atoms with Crippen molar-refractivity contribution >= 4 is 11.6 Å². The number of methoxy groups -OCH3 is 1. The van der Waals surface area contributed by atoms with E-state index in [1.54, 1.807) is 7.11 Å². The van der Waals surface area contributed by atoms with Gasteiger partial charge in [0.2, 0.25) is 5.91 Å². The molecule has 0 aliphatic heterocycles. The molecular formula is C25H36N2O3. The molecule has 164 valence electrons. The average molecular weight is 413 g/mol. The Morgan fingerprint density at radius 1 is 0.833 bits per heavy atom. The lowest BCUT2D eigenvalue weighted by Gasteiger charge is -2.12. The fourth-order valence-corrected chi connectivity index (χ4v) is 3.18. The zero-order valence-corrected chi connectivity index (χ0v) is 18.7. The molecule has 0 heterocycles. The summed E-state index contributed by atoms with van der Waals surface area (Å²) in [4.78, 5) is 14.1. The molecule has 2 rings (SSSR count). The van der Waals surface area contributed by atoms with Crippen molar-refractivity contribution in [2.45, 2.75) is 44.9 Å². The fraction of sp³-hybridized carbons (Fsp3) is 0.480. The van der Waals surface area contributed by atoms with Crippen LogP contribution in [0.3, 0.4) is 0 Å². The van der Waals surface area contributed by atoms with Crippen molar-refractivity contribution in [2.75, 3.05) is 39.3 Å². The molecular weight excluding hydrogens is 376 g/mol. The first kappa shape index (κ1) is 23.6. The van der Waals surface area contributed by atoms with Crippen LogP contribution >= 0.6 is 0 Å². The molecule has 0 radical (unpaired) electrons. The van der Waals surface area contributed by atoms with Gasteiger partial charge in [-0.2, -0.15) is 0 Å². The Balaban J connectivity index is 1.43. The topological polar surface area (TPSA) is 50.8 Å². The summed E-state index contributed by atoms with van der Waals surface area (Å²) in [6.07, 6.45) is 7.27. The second kappa shape index (κ2) is 13.5. The molecule has 0 bridgehead atoms. The minimum Gasteiger partial charge on any atom is -0.497 e. The van der Waals surface area contributed by atoms with Gasteiger partial charge >= 0.3 is 0 Å². The SMILES string of the molecule is COc1ccc(OCCCCCCCCNC(=O)Cc2ccc(N(C)C)cc2)cc1. The fourth-order valence-electron chi connectivity index (χ4n) is 3.18. The van der Waals surface area contributed by atoms with Crippen LogP contribution < -0.4 is 19.7 Å². The maximum atomic E-state index is 12.0. The van der Waals surface area contributed by atoms with E-state index in [1.807, 2.05) is 62.6 Å². The quantitative estimate of drug-likeness (QED) is 0.451. The molecule has 1 N–H and O–H groups in total. The Bertz CT molecular complexity index is 727. The maximum absolute atomic E-state index is 12.0. The third kappa shape index (κ3) is 9.21. The van der Waals surface area contributed by atoms with Crippen molar-refractivity contribution in [2.24, 2.45) is 0 Å². The highest BCUT2D eigenvalue weighted by molar-refractivity contribution is 5.78. The predicted octanol–water partition coefficient (Wildman–Crippen LogP) is 4.84. The number of nitrogens with zero attached hydrogens (tertiary/aromatic N) is 1. The van der Waals surface area contributed by atoms with E-state index in [9.17, 15) is 4.79 Å². The molecule has 0 fully saturated rings. The number of ether oxygens (including phenoxy) is 2. The Labute approximate surface area is 181 Å². The van der Waals surface area contributed by atoms with Crippen LogP contribution in [0, 0.1) is 0 Å². The molecule has 2 aromatic rings. The molecule has 0 saturated carbocycles. The molecule has 0 saturated heterocycles. The van der Waals surface area contributed by atoms with Crippen LogP contribution in [0.15, 0.2) is 48.5 Å². The van der Waals surface area contributed by atoms with Gasteiger partial charge in [0.25, 0.3) is 0 Å². The van der Waals surface area contributed by atoms with E-state index in [0.717, 1.165) is 55.2 Å². The van der Waals surface area contributed by atoms with E-state index in [0.29, 0.717) is 6.42 Å². The van der Waals surface area contributed by atoms with Crippen LogP contribution in [0.25, 0.3) is 0 Å². The molecule has 0 atom stereocenters. The van der Waals surface area contributed by atoms with Gasteiger partial charge in [-0.05, 0) is 54.8 Å². The first-order valence-electron chi connectivity index (χ1n) is 10.9. The second-order valence-corrected chi connectivity index (χ2v) is 7.73. The van der Waals surface area contributed by atoms with E-state index in [-0.39, 0.29) is 5.91 Å². The van der Waals surface area contributed by atoms with Gasteiger partial charge in [-0.1, -0.05) is 37.8 Å². The monoisotopic (exact) mass is 412 g/mol. The highest BCUT2D eigenvalue weighted by atomic mass is 16.5. The van der Waals surface area contributed by atoms with Crippen molar-refractivity contribution in [3.63, 3.8) is 0 Å². The lowest BCUT2D eigenvalue weighted by Crippen LogP contribution is -2.26. The zero-order chi connectivity index (χ0) is 21.6. The third-order valence-electron chi connectivity index (χ3n) is 5.04. The van der Waals surface area contributed by atoms with Crippen molar-refractivity contribution < 1.29 is 14.3 Å². The molecule has 0 unspecified atom stereocenters. The number of unbranched alkanes of at least 4 members (excludes halogenated alkanes) is 5. The summed E-state index contributed by atoms with van der Waals surface area (Å²) < 4.78 is 10.9. The Morgan fingerprint density at radius 3 is 2.07 bits per heavy atom. The molecule has 30 heavy (non-hydrogen) atoms. The maximum Gasteiger partial charge on any atom is 0.224 e. The van der Waals surface area contributed by atoms with Crippen molar-refractivity contribution in [3.05, 3.63) is 54.1 Å². The van der Waals surface area contributed by atoms with E-state index >= 15 is 0 Å². The number of hydrogen-bond donors (Lipinski definition) is 1. The number of benzene rings is 2. The smallest absolute Gasteiger partial charge is 0.224 e. The summed E-state index contributed by atoms with van der Waals surface area (Å²) in [5.74, 6) is 1.83. The molecule has 0 spiro atoms. The summed E-state index contributed by atoms with van der Waals surface area (Å²) in [5.41, 5.74) is 2.20. The average Bonchev–Trinajstić information content (AvgIpc) is 2.75. The number of rotatable bonds is 14. The minimum atomic E-state index is 0.100. The van der Waals surface area contributed by atoms with Crippen molar-refractivity contribution in [1.82, 2.24) is 5.32 Å². The van der Waals surface area contributed by atoms with Crippen LogP contribution in [-0.2, 0) is 11.2 Å². The lowest BCUT2D eigenvalue weighted by molar-refractivity contribution is -0.120. The first-order valence-corrected chi connectivity index (χ1v) is 10.9. The molecule has 1 amide bonds. The van der Waals surface area contributed by atoms with Gasteiger partial charge in [0, 0.05) is 26.3 Å². The predicted molar refractivity (Wildman–Crippen MR) is 124 cm³/mol. The van der Waals surface area contributed by atoms with E-state index in [2.05, 4.69) is 10.2 Å². The van der Waals surface area contributed by atoms with Gasteiger partial charge in [-0.15, -0.1) is 0 Å². The molecule has 5 nitrogen and oxygen atoms in total. The van der Waals surface area contributed by atoms with Crippen molar-refractivity contribution in [1.29, 1.82) is 0 Å². The van der Waals surface area contributed by atoms with Crippen LogP contribution in [0.5, 0.6) is 11.5 Å². The molecule has 0 aliphatic carbocycles. The van der Waals surface area contributed by atoms with Gasteiger partial charge < -0.3 is 19.7 Å². The number of anilines is 1. The van der Waals surface area contributed by atoms with Gasteiger partial charge in [0.1, 0.15) is 11.5 Å². The van der Waals surface area contributed by atoms with Crippen LogP contribution in [0.4, 0.5) is 5.69 Å². The normalized spacial score (nSPS) is 10.5. The Kier molecular flexibility index (Phi) is 10.6. The number of carbonyl (C=O) groups excluding carboxylic acids is 1. The Hall–Kier alpha value is -2.69. The van der Waals surface area contributed by atoms with Gasteiger partial charge in [0.15, 0.2) is 0 Å². The summed E-state index contributed by atoms with van der Waals surface area (Å²) in [6.45, 7) is 1.51. The van der Waals surface area contributed by atoms with Crippen LogP contribution in [-0.4, -0.2) is 40.3 Å². The van der Waals surface area contributed by atoms with Crippen LogP contribution in [0.1, 0.15) is 44.1 Å². The van der Waals surface area contributed by atoms with E-state index in [4.69, 9.17) is 9.47 Å². The van der Waals surface area contributed by atoms with Gasteiger partial charge in [-0.3, -0.25) is 4.79 Å². The highest BCUT2D eigenvalue weighted by Gasteiger charge is 2.03. The third-order valence-corrected chi connectivity index (χ3v) is 5.04. The lowest BCUT2D eigenvalue weighted by atomic mass is 10.1. The standard InChI is InChI=1S/C25H36N2O3/c1-27(2)22-12-10-21(11-13-22)20-25(28)26-18-8-6-4-5-7-9-19-30-24-16-14-23(29-3)15-17-24/h10-17H,4-9,18-20H2,1-3H3,(H,26,28). The number of carbonyl (C=O) groups is 1. The zero-order valence-electron chi connectivity index (χ0n) is 18.7. The minimum absolute atomic E-state index is 0.100. The Morgan fingerprint density at radius 2 is 1.43 bits per heavy atom. The summed E-state index contributed by atoms with van der Waals surface area (Å²) in [6, 6.07) is 15.8. The summed E-state index contributed by atoms with van der Waals surface area (Å²) >= 11 is 0. The van der Waals surface area contributed by atoms with Crippen LogP contribution in [0.2, 0.25) is 0 Å². The molecule has 0 aliphatic rings. The van der Waals surface area contributed by atoms with E-state index in [1.165, 1.54) is 19.3 Å². The summed E-state index contributed by atoms with van der Waals surface area (Å²) in [5, 5.41) is 3.03. The molecule has 0 aromatic heterocycles.